The number of halogens is 3. The number of carboxylic acids is 1. The standard InChI is InChI=1S/C13H10F3NO3/c14-10-5-4-7(6-11(10)15)17(16)12(18)8-2-1-3-9(8)13(19)20/h4-6H,1-3H2,(H,19,20). The molecule has 4 nitrogen and oxygen atoms in total. The highest BCUT2D eigenvalue weighted by Gasteiger charge is 2.29. The first-order valence-corrected chi connectivity index (χ1v) is 5.82. The van der Waals surface area contributed by atoms with Crippen molar-refractivity contribution in [2.75, 3.05) is 5.12 Å². The molecule has 0 spiro atoms. The van der Waals surface area contributed by atoms with Gasteiger partial charge in [0.1, 0.15) is 0 Å². The van der Waals surface area contributed by atoms with Gasteiger partial charge in [-0.15, -0.1) is 5.12 Å². The largest absolute Gasteiger partial charge is 0.478 e. The summed E-state index contributed by atoms with van der Waals surface area (Å²) in [6.07, 6.45) is 0.765. The van der Waals surface area contributed by atoms with E-state index in [0.29, 0.717) is 18.6 Å². The number of carboxylic acid groups (broad SMARTS) is 1. The van der Waals surface area contributed by atoms with Crippen molar-refractivity contribution in [2.24, 2.45) is 0 Å². The van der Waals surface area contributed by atoms with Crippen LogP contribution in [0.2, 0.25) is 0 Å². The molecule has 0 aromatic heterocycles. The van der Waals surface area contributed by atoms with Crippen LogP contribution >= 0.6 is 0 Å². The first-order valence-electron chi connectivity index (χ1n) is 5.82. The summed E-state index contributed by atoms with van der Waals surface area (Å²) in [6, 6.07) is 2.11. The predicted octanol–water partition coefficient (Wildman–Crippen LogP) is 2.75. The van der Waals surface area contributed by atoms with Gasteiger partial charge in [-0.1, -0.05) is 4.48 Å². The van der Waals surface area contributed by atoms with E-state index in [1.807, 2.05) is 0 Å². The van der Waals surface area contributed by atoms with E-state index >= 15 is 0 Å². The topological polar surface area (TPSA) is 57.6 Å². The van der Waals surface area contributed by atoms with Gasteiger partial charge in [0.2, 0.25) is 0 Å². The van der Waals surface area contributed by atoms with Crippen LogP contribution in [0, 0.1) is 11.6 Å². The Hall–Kier alpha value is -2.31. The highest BCUT2D eigenvalue weighted by Crippen LogP contribution is 2.30. The predicted molar refractivity (Wildman–Crippen MR) is 63.5 cm³/mol. The van der Waals surface area contributed by atoms with Crippen LogP contribution in [0.25, 0.3) is 0 Å². The van der Waals surface area contributed by atoms with Crippen molar-refractivity contribution in [3.8, 4) is 0 Å². The molecule has 0 unspecified atom stereocenters. The molecule has 7 heteroatoms. The Morgan fingerprint density at radius 1 is 1.10 bits per heavy atom. The van der Waals surface area contributed by atoms with Crippen LogP contribution < -0.4 is 5.12 Å². The fourth-order valence-electron chi connectivity index (χ4n) is 2.06. The second-order valence-electron chi connectivity index (χ2n) is 4.30. The van der Waals surface area contributed by atoms with Gasteiger partial charge in [0, 0.05) is 17.2 Å². The maximum absolute atomic E-state index is 13.9. The molecule has 106 valence electrons. The fraction of sp³-hybridized carbons (Fsp3) is 0.231. The molecular formula is C13H10F3NO3. The van der Waals surface area contributed by atoms with Gasteiger partial charge in [-0.25, -0.2) is 13.6 Å². The fourth-order valence-corrected chi connectivity index (χ4v) is 2.06. The molecular weight excluding hydrogens is 275 g/mol. The summed E-state index contributed by atoms with van der Waals surface area (Å²) in [5.74, 6) is -4.90. The number of hydrogen-bond acceptors (Lipinski definition) is 2. The van der Waals surface area contributed by atoms with E-state index in [4.69, 9.17) is 5.11 Å². The van der Waals surface area contributed by atoms with Crippen molar-refractivity contribution < 1.29 is 28.0 Å². The Morgan fingerprint density at radius 2 is 1.75 bits per heavy atom. The molecule has 0 radical (unpaired) electrons. The zero-order chi connectivity index (χ0) is 14.9. The van der Waals surface area contributed by atoms with Crippen LogP contribution in [0.5, 0.6) is 0 Å². The summed E-state index contributed by atoms with van der Waals surface area (Å²) in [7, 11) is 0. The Bertz CT molecular complexity index is 613. The lowest BCUT2D eigenvalue weighted by atomic mass is 10.1. The molecule has 1 aliphatic rings. The maximum Gasteiger partial charge on any atom is 0.332 e. The first-order chi connectivity index (χ1) is 9.41. The minimum atomic E-state index is -1.29. The summed E-state index contributed by atoms with van der Waals surface area (Å²) in [6.45, 7) is 0. The van der Waals surface area contributed by atoms with Crippen LogP contribution in [0.4, 0.5) is 18.9 Å². The van der Waals surface area contributed by atoms with Gasteiger partial charge in [-0.3, -0.25) is 4.79 Å². The van der Waals surface area contributed by atoms with Gasteiger partial charge >= 0.3 is 5.97 Å². The van der Waals surface area contributed by atoms with Crippen LogP contribution in [0.3, 0.4) is 0 Å². The van der Waals surface area contributed by atoms with Gasteiger partial charge in [0.25, 0.3) is 5.91 Å². The second-order valence-corrected chi connectivity index (χ2v) is 4.30. The highest BCUT2D eigenvalue weighted by atomic mass is 19.2. The number of anilines is 1. The number of carbonyl (C=O) groups is 2. The molecule has 1 amide bonds. The smallest absolute Gasteiger partial charge is 0.332 e. The van der Waals surface area contributed by atoms with E-state index in [1.165, 1.54) is 0 Å². The molecule has 1 aromatic carbocycles. The summed E-state index contributed by atoms with van der Waals surface area (Å²) in [4.78, 5) is 22.8. The second kappa shape index (κ2) is 5.36. The van der Waals surface area contributed by atoms with Crippen molar-refractivity contribution in [3.63, 3.8) is 0 Å². The Morgan fingerprint density at radius 3 is 2.35 bits per heavy atom. The van der Waals surface area contributed by atoms with E-state index in [1.54, 1.807) is 0 Å². The molecule has 0 atom stereocenters. The number of rotatable bonds is 3. The molecule has 0 saturated carbocycles. The van der Waals surface area contributed by atoms with Crippen molar-refractivity contribution in [2.45, 2.75) is 19.3 Å². The molecule has 1 N–H and O–H groups in total. The first kappa shape index (κ1) is 14.1. The van der Waals surface area contributed by atoms with Gasteiger partial charge < -0.3 is 5.11 Å². The van der Waals surface area contributed by atoms with Crippen LogP contribution in [-0.4, -0.2) is 17.0 Å². The lowest BCUT2D eigenvalue weighted by molar-refractivity contribution is -0.133. The molecule has 1 aliphatic carbocycles. The molecule has 0 saturated heterocycles. The number of aliphatic carboxylic acids is 1. The lowest BCUT2D eigenvalue weighted by Crippen LogP contribution is -2.24. The third kappa shape index (κ3) is 2.52. The van der Waals surface area contributed by atoms with Crippen LogP contribution in [0.1, 0.15) is 19.3 Å². The van der Waals surface area contributed by atoms with E-state index < -0.39 is 29.2 Å². The van der Waals surface area contributed by atoms with E-state index in [-0.39, 0.29) is 29.1 Å². The van der Waals surface area contributed by atoms with E-state index in [0.717, 1.165) is 6.07 Å². The molecule has 0 aliphatic heterocycles. The Balaban J connectivity index is 2.31. The quantitative estimate of drug-likeness (QED) is 0.869. The summed E-state index contributed by atoms with van der Waals surface area (Å²) in [5.41, 5.74) is -0.775. The third-order valence-corrected chi connectivity index (χ3v) is 3.04. The zero-order valence-electron chi connectivity index (χ0n) is 10.2. The number of carbonyl (C=O) groups excluding carboxylic acids is 1. The summed E-state index contributed by atoms with van der Waals surface area (Å²) in [5, 5.41) is 8.54. The van der Waals surface area contributed by atoms with E-state index in [9.17, 15) is 22.9 Å². The molecule has 2 rings (SSSR count). The van der Waals surface area contributed by atoms with E-state index in [2.05, 4.69) is 0 Å². The summed E-state index contributed by atoms with van der Waals surface area (Å²) >= 11 is 0. The van der Waals surface area contributed by atoms with Gasteiger partial charge in [0.15, 0.2) is 11.6 Å². The minimum absolute atomic E-state index is 0.139. The van der Waals surface area contributed by atoms with Crippen molar-refractivity contribution >= 4 is 17.6 Å². The van der Waals surface area contributed by atoms with Gasteiger partial charge in [0.05, 0.1) is 5.69 Å². The lowest BCUT2D eigenvalue weighted by Gasteiger charge is -2.13. The Labute approximate surface area is 112 Å². The van der Waals surface area contributed by atoms with Gasteiger partial charge in [-0.05, 0) is 31.4 Å². The molecule has 0 heterocycles. The SMILES string of the molecule is O=C(O)C1=C(C(=O)N(F)c2ccc(F)c(F)c2)CCC1. The van der Waals surface area contributed by atoms with Gasteiger partial charge in [-0.2, -0.15) is 0 Å². The van der Waals surface area contributed by atoms with Crippen molar-refractivity contribution in [1.82, 2.24) is 0 Å². The number of hydrogen-bond donors (Lipinski definition) is 1. The maximum atomic E-state index is 13.9. The monoisotopic (exact) mass is 285 g/mol. The molecule has 20 heavy (non-hydrogen) atoms. The number of nitrogens with zero attached hydrogens (tertiary/aromatic N) is 1. The van der Waals surface area contributed by atoms with Crippen molar-refractivity contribution in [3.05, 3.63) is 41.0 Å². The normalized spacial score (nSPS) is 14.6. The molecule has 0 bridgehead atoms. The number of benzene rings is 1. The van der Waals surface area contributed by atoms with Crippen LogP contribution in [0.15, 0.2) is 29.3 Å². The summed E-state index contributed by atoms with van der Waals surface area (Å²) < 4.78 is 39.6. The molecule has 1 aromatic rings. The van der Waals surface area contributed by atoms with Crippen molar-refractivity contribution in [1.29, 1.82) is 0 Å². The third-order valence-electron chi connectivity index (χ3n) is 3.04. The Kier molecular flexibility index (Phi) is 3.78. The molecule has 0 fully saturated rings. The average Bonchev–Trinajstić information content (AvgIpc) is 2.89. The number of amides is 1. The van der Waals surface area contributed by atoms with Crippen LogP contribution in [-0.2, 0) is 9.59 Å². The average molecular weight is 285 g/mol. The highest BCUT2D eigenvalue weighted by molar-refractivity contribution is 6.09. The zero-order valence-corrected chi connectivity index (χ0v) is 10.2. The minimum Gasteiger partial charge on any atom is -0.478 e.